The number of alkyl halides is 2. The minimum atomic E-state index is -0.827. The van der Waals surface area contributed by atoms with Gasteiger partial charge in [0.2, 0.25) is 5.43 Å². The van der Waals surface area contributed by atoms with E-state index in [1.807, 2.05) is 0 Å². The Kier molecular flexibility index (Phi) is 7.10. The van der Waals surface area contributed by atoms with Crippen molar-refractivity contribution in [2.24, 2.45) is 0 Å². The molecule has 0 aromatic carbocycles. The van der Waals surface area contributed by atoms with Gasteiger partial charge in [-0.15, -0.1) is 0 Å². The summed E-state index contributed by atoms with van der Waals surface area (Å²) in [4.78, 5) is 36.3. The van der Waals surface area contributed by atoms with Gasteiger partial charge >= 0.3 is 11.9 Å². The van der Waals surface area contributed by atoms with Crippen LogP contribution in [0.25, 0.3) is 0 Å². The second-order valence-electron chi connectivity index (χ2n) is 3.74. The molecule has 0 N–H and O–H groups in total. The van der Waals surface area contributed by atoms with Crippen LogP contribution in [0.15, 0.2) is 9.21 Å². The highest BCUT2D eigenvalue weighted by Gasteiger charge is 2.28. The number of rotatable bonds is 6. The molecule has 0 aliphatic carbocycles. The molecule has 0 unspecified atom stereocenters. The predicted molar refractivity (Wildman–Crippen MR) is 82.2 cm³/mol. The van der Waals surface area contributed by atoms with Gasteiger partial charge in [-0.3, -0.25) is 4.79 Å². The lowest BCUT2D eigenvalue weighted by molar-refractivity contribution is 0.0513. The summed E-state index contributed by atoms with van der Waals surface area (Å²) < 4.78 is 15.1. The zero-order chi connectivity index (χ0) is 16.0. The first kappa shape index (κ1) is 17.9. The van der Waals surface area contributed by atoms with E-state index in [1.54, 1.807) is 13.8 Å². The normalized spacial score (nSPS) is 10.3. The highest BCUT2D eigenvalue weighted by molar-refractivity contribution is 9.08. The molecule has 0 fully saturated rings. The van der Waals surface area contributed by atoms with E-state index in [2.05, 4.69) is 31.9 Å². The van der Waals surface area contributed by atoms with Gasteiger partial charge in [0.05, 0.1) is 23.9 Å². The minimum absolute atomic E-state index is 0.106. The van der Waals surface area contributed by atoms with Crippen molar-refractivity contribution in [1.82, 2.24) is 0 Å². The molecule has 1 rings (SSSR count). The number of halogens is 2. The molecule has 0 spiro atoms. The summed E-state index contributed by atoms with van der Waals surface area (Å²) in [6.45, 7) is 3.45. The fourth-order valence-electron chi connectivity index (χ4n) is 1.64. The van der Waals surface area contributed by atoms with Crippen LogP contribution in [-0.2, 0) is 20.1 Å². The molecule has 0 radical (unpaired) electrons. The smallest absolute Gasteiger partial charge is 0.345 e. The van der Waals surface area contributed by atoms with Crippen LogP contribution in [0.2, 0.25) is 0 Å². The highest BCUT2D eigenvalue weighted by Crippen LogP contribution is 2.19. The van der Waals surface area contributed by atoms with Crippen molar-refractivity contribution < 1.29 is 23.5 Å². The van der Waals surface area contributed by atoms with E-state index in [9.17, 15) is 14.4 Å². The summed E-state index contributed by atoms with van der Waals surface area (Å²) in [7, 11) is 0. The van der Waals surface area contributed by atoms with Crippen LogP contribution >= 0.6 is 31.9 Å². The molecule has 0 aliphatic heterocycles. The third kappa shape index (κ3) is 3.94. The Morgan fingerprint density at radius 1 is 0.952 bits per heavy atom. The Hall–Kier alpha value is -1.15. The molecule has 0 aliphatic rings. The van der Waals surface area contributed by atoms with Gasteiger partial charge in [-0.25, -0.2) is 9.59 Å². The maximum atomic E-state index is 12.5. The Morgan fingerprint density at radius 2 is 1.33 bits per heavy atom. The lowest BCUT2D eigenvalue weighted by Gasteiger charge is -2.11. The minimum Gasteiger partial charge on any atom is -0.462 e. The van der Waals surface area contributed by atoms with Gasteiger partial charge in [0.1, 0.15) is 22.6 Å². The van der Waals surface area contributed by atoms with Gasteiger partial charge in [0, 0.05) is 0 Å². The van der Waals surface area contributed by atoms with Crippen LogP contribution < -0.4 is 5.43 Å². The van der Waals surface area contributed by atoms with Crippen molar-refractivity contribution in [3.8, 4) is 0 Å². The molecule has 116 valence electrons. The summed E-state index contributed by atoms with van der Waals surface area (Å²) in [5.74, 6) is -1.43. The quantitative estimate of drug-likeness (QED) is 0.514. The van der Waals surface area contributed by atoms with Crippen molar-refractivity contribution in [3.05, 3.63) is 32.9 Å². The maximum Gasteiger partial charge on any atom is 0.345 e. The average molecular weight is 426 g/mol. The van der Waals surface area contributed by atoms with E-state index in [0.717, 1.165) is 0 Å². The van der Waals surface area contributed by atoms with Gasteiger partial charge in [-0.05, 0) is 13.8 Å². The fraction of sp³-hybridized carbons (Fsp3) is 0.462. The molecule has 0 saturated heterocycles. The Balaban J connectivity index is 3.57. The average Bonchev–Trinajstić information content (AvgIpc) is 2.46. The number of carbonyl (C=O) groups is 2. The monoisotopic (exact) mass is 424 g/mol. The van der Waals surface area contributed by atoms with Crippen LogP contribution in [0.3, 0.4) is 0 Å². The van der Waals surface area contributed by atoms with Gasteiger partial charge in [-0.1, -0.05) is 31.9 Å². The highest BCUT2D eigenvalue weighted by atomic mass is 79.9. The molecule has 1 heterocycles. The molecular weight excluding hydrogens is 412 g/mol. The summed E-state index contributed by atoms with van der Waals surface area (Å²) >= 11 is 6.29. The Bertz CT molecular complexity index is 546. The summed E-state index contributed by atoms with van der Waals surface area (Å²) in [6.07, 6.45) is 0. The largest absolute Gasteiger partial charge is 0.462 e. The van der Waals surface area contributed by atoms with E-state index in [-0.39, 0.29) is 46.5 Å². The lowest BCUT2D eigenvalue weighted by atomic mass is 10.1. The summed E-state index contributed by atoms with van der Waals surface area (Å²) in [6, 6.07) is 0. The third-order valence-electron chi connectivity index (χ3n) is 2.46. The molecule has 0 bridgehead atoms. The van der Waals surface area contributed by atoms with Gasteiger partial charge in [-0.2, -0.15) is 0 Å². The second kappa shape index (κ2) is 8.33. The second-order valence-corrected chi connectivity index (χ2v) is 4.86. The SMILES string of the molecule is CCOC(=O)c1c(CBr)oc(CBr)c(C(=O)OCC)c1=O. The molecule has 21 heavy (non-hydrogen) atoms. The van der Waals surface area contributed by atoms with Crippen LogP contribution in [0, 0.1) is 0 Å². The van der Waals surface area contributed by atoms with Crippen LogP contribution in [0.5, 0.6) is 0 Å². The summed E-state index contributed by atoms with van der Waals surface area (Å²) in [5, 5.41) is 0.277. The maximum absolute atomic E-state index is 12.5. The van der Waals surface area contributed by atoms with Gasteiger partial charge in [0.25, 0.3) is 0 Å². The zero-order valence-electron chi connectivity index (χ0n) is 11.5. The molecule has 1 aromatic rings. The first-order valence-electron chi connectivity index (χ1n) is 6.16. The number of ether oxygens (including phenoxy) is 2. The third-order valence-corrected chi connectivity index (χ3v) is 3.48. The Morgan fingerprint density at radius 3 is 1.62 bits per heavy atom. The van der Waals surface area contributed by atoms with Crippen LogP contribution in [-0.4, -0.2) is 25.2 Å². The predicted octanol–water partition coefficient (Wildman–Crippen LogP) is 2.78. The van der Waals surface area contributed by atoms with E-state index in [0.29, 0.717) is 0 Å². The van der Waals surface area contributed by atoms with Crippen molar-refractivity contribution in [3.63, 3.8) is 0 Å². The van der Waals surface area contributed by atoms with Crippen LogP contribution in [0.4, 0.5) is 0 Å². The zero-order valence-corrected chi connectivity index (χ0v) is 14.7. The van der Waals surface area contributed by atoms with Crippen molar-refractivity contribution in [1.29, 1.82) is 0 Å². The molecular formula is C13H14Br2O6. The molecule has 0 atom stereocenters. The molecule has 8 heteroatoms. The Labute approximate surface area is 138 Å². The molecule has 0 amide bonds. The van der Waals surface area contributed by atoms with Gasteiger partial charge < -0.3 is 13.9 Å². The number of carbonyl (C=O) groups excluding carboxylic acids is 2. The first-order valence-corrected chi connectivity index (χ1v) is 8.40. The van der Waals surface area contributed by atoms with Crippen molar-refractivity contribution in [2.45, 2.75) is 24.5 Å². The first-order chi connectivity index (χ1) is 10.0. The van der Waals surface area contributed by atoms with Crippen molar-refractivity contribution in [2.75, 3.05) is 13.2 Å². The molecule has 1 aromatic heterocycles. The van der Waals surface area contributed by atoms with E-state index < -0.39 is 17.4 Å². The number of hydrogen-bond donors (Lipinski definition) is 0. The molecule has 0 saturated carbocycles. The standard InChI is InChI=1S/C13H14Br2O6/c1-3-19-12(17)9-7(5-14)21-8(6-15)10(11(9)16)13(18)20-4-2/h3-6H2,1-2H3. The number of esters is 2. The fourth-order valence-corrected chi connectivity index (χ4v) is 2.43. The van der Waals surface area contributed by atoms with Crippen molar-refractivity contribution >= 4 is 43.8 Å². The number of hydrogen-bond acceptors (Lipinski definition) is 6. The van der Waals surface area contributed by atoms with Gasteiger partial charge in [0.15, 0.2) is 0 Å². The van der Waals surface area contributed by atoms with E-state index in [1.165, 1.54) is 0 Å². The van der Waals surface area contributed by atoms with Crippen LogP contribution in [0.1, 0.15) is 46.1 Å². The van der Waals surface area contributed by atoms with E-state index >= 15 is 0 Å². The topological polar surface area (TPSA) is 82.8 Å². The lowest BCUT2D eigenvalue weighted by Crippen LogP contribution is -2.28. The summed E-state index contributed by atoms with van der Waals surface area (Å²) in [5.41, 5.74) is -1.33. The molecule has 6 nitrogen and oxygen atoms in total. The van der Waals surface area contributed by atoms with E-state index in [4.69, 9.17) is 13.9 Å².